The van der Waals surface area contributed by atoms with Crippen LogP contribution in [0.5, 0.6) is 0 Å². The predicted octanol–water partition coefficient (Wildman–Crippen LogP) is 1.14. The van der Waals surface area contributed by atoms with Gasteiger partial charge in [0, 0.05) is 12.5 Å². The normalized spacial score (nSPS) is 19.1. The van der Waals surface area contributed by atoms with E-state index in [0.717, 1.165) is 0 Å². The highest BCUT2D eigenvalue weighted by Gasteiger charge is 2.37. The van der Waals surface area contributed by atoms with Gasteiger partial charge < -0.3 is 0 Å². The zero-order chi connectivity index (χ0) is 17.4. The van der Waals surface area contributed by atoms with Gasteiger partial charge in [0.1, 0.15) is 0 Å². The van der Waals surface area contributed by atoms with E-state index in [1.165, 1.54) is 18.2 Å². The van der Waals surface area contributed by atoms with Crippen molar-refractivity contribution in [2.24, 2.45) is 0 Å². The molecule has 1 heterocycles. The zero-order valence-corrected chi connectivity index (χ0v) is 14.9. The smallest absolute Gasteiger partial charge is 0.242 e. The van der Waals surface area contributed by atoms with Crippen LogP contribution in [0.3, 0.4) is 0 Å². The number of carbonyl (C=O) groups is 1. The maximum atomic E-state index is 12.5. The first-order valence-corrected chi connectivity index (χ1v) is 10.4. The van der Waals surface area contributed by atoms with Crippen LogP contribution in [-0.4, -0.2) is 34.5 Å². The van der Waals surface area contributed by atoms with Crippen LogP contribution in [0.2, 0.25) is 0 Å². The molecule has 0 aromatic heterocycles. The SMILES string of the molecule is CC[C@H](C)NS(=O)(=O)c1cc(N2C(=O)CCS2(=O)=O)ccc1C. The summed E-state index contributed by atoms with van der Waals surface area (Å²) in [6.07, 6.45) is 0.528. The number of sulfonamides is 2. The van der Waals surface area contributed by atoms with Gasteiger partial charge in [0.15, 0.2) is 0 Å². The van der Waals surface area contributed by atoms with Gasteiger partial charge in [-0.1, -0.05) is 13.0 Å². The third kappa shape index (κ3) is 3.56. The fourth-order valence-electron chi connectivity index (χ4n) is 2.29. The predicted molar refractivity (Wildman–Crippen MR) is 87.1 cm³/mol. The van der Waals surface area contributed by atoms with Crippen LogP contribution in [0.4, 0.5) is 5.69 Å². The number of aryl methyl sites for hydroxylation is 1. The maximum Gasteiger partial charge on any atom is 0.242 e. The lowest BCUT2D eigenvalue weighted by molar-refractivity contribution is -0.116. The fourth-order valence-corrected chi connectivity index (χ4v) is 5.33. The van der Waals surface area contributed by atoms with E-state index in [-0.39, 0.29) is 28.8 Å². The molecule has 128 valence electrons. The Bertz CT molecular complexity index is 831. The second-order valence-electron chi connectivity index (χ2n) is 5.60. The zero-order valence-electron chi connectivity index (χ0n) is 13.2. The highest BCUT2D eigenvalue weighted by molar-refractivity contribution is 7.94. The number of nitrogens with one attached hydrogen (secondary N) is 1. The molecular weight excluding hydrogens is 340 g/mol. The molecule has 23 heavy (non-hydrogen) atoms. The Kier molecular flexibility index (Phi) is 4.84. The topological polar surface area (TPSA) is 101 Å². The van der Waals surface area contributed by atoms with E-state index < -0.39 is 26.0 Å². The first-order valence-electron chi connectivity index (χ1n) is 7.27. The molecule has 0 saturated carbocycles. The molecule has 1 aromatic carbocycles. The van der Waals surface area contributed by atoms with Gasteiger partial charge in [-0.25, -0.2) is 25.9 Å². The number of carbonyl (C=O) groups excluding carboxylic acids is 1. The minimum absolute atomic E-state index is 0.0230. The summed E-state index contributed by atoms with van der Waals surface area (Å²) in [6.45, 7) is 5.21. The molecule has 1 aliphatic rings. The van der Waals surface area contributed by atoms with E-state index in [9.17, 15) is 21.6 Å². The van der Waals surface area contributed by atoms with Crippen molar-refractivity contribution < 1.29 is 21.6 Å². The monoisotopic (exact) mass is 360 g/mol. The average molecular weight is 360 g/mol. The Balaban J connectivity index is 2.50. The van der Waals surface area contributed by atoms with Gasteiger partial charge in [-0.2, -0.15) is 0 Å². The molecule has 0 radical (unpaired) electrons. The first-order chi connectivity index (χ1) is 10.6. The van der Waals surface area contributed by atoms with E-state index in [1.54, 1.807) is 13.8 Å². The summed E-state index contributed by atoms with van der Waals surface area (Å²) in [6, 6.07) is 3.93. The lowest BCUT2D eigenvalue weighted by atomic mass is 10.2. The Hall–Kier alpha value is -1.45. The summed E-state index contributed by atoms with van der Waals surface area (Å²) in [5.41, 5.74) is 0.538. The van der Waals surface area contributed by atoms with Crippen molar-refractivity contribution in [1.82, 2.24) is 4.72 Å². The minimum Gasteiger partial charge on any atom is -0.273 e. The molecule has 0 aliphatic carbocycles. The summed E-state index contributed by atoms with van der Waals surface area (Å²) in [4.78, 5) is 11.8. The summed E-state index contributed by atoms with van der Waals surface area (Å²) in [7, 11) is -7.52. The third-order valence-corrected chi connectivity index (χ3v) is 7.17. The molecule has 1 aliphatic heterocycles. The number of amides is 1. The highest BCUT2D eigenvalue weighted by Crippen LogP contribution is 2.29. The molecule has 1 N–H and O–H groups in total. The lowest BCUT2D eigenvalue weighted by Gasteiger charge is -2.18. The van der Waals surface area contributed by atoms with Crippen LogP contribution in [-0.2, 0) is 24.8 Å². The largest absolute Gasteiger partial charge is 0.273 e. The summed E-state index contributed by atoms with van der Waals surface area (Å²) < 4.78 is 52.1. The van der Waals surface area contributed by atoms with Gasteiger partial charge in [0.25, 0.3) is 0 Å². The standard InChI is InChI=1S/C14H20N2O5S2/c1-4-11(3)15-23(20,21)13-9-12(6-5-10(13)2)16-14(17)7-8-22(16,18)19/h5-6,9,11,15H,4,7-8H2,1-3H3/t11-/m0/s1. The van der Waals surface area contributed by atoms with Gasteiger partial charge >= 0.3 is 0 Å². The number of hydrogen-bond donors (Lipinski definition) is 1. The van der Waals surface area contributed by atoms with Crippen LogP contribution in [0.15, 0.2) is 23.1 Å². The van der Waals surface area contributed by atoms with Crippen LogP contribution < -0.4 is 9.03 Å². The van der Waals surface area contributed by atoms with Gasteiger partial charge in [0.05, 0.1) is 16.3 Å². The molecule has 0 spiro atoms. The Morgan fingerprint density at radius 2 is 2.00 bits per heavy atom. The molecule has 1 aromatic rings. The number of anilines is 1. The average Bonchev–Trinajstić information content (AvgIpc) is 2.72. The Labute approximate surface area is 136 Å². The van der Waals surface area contributed by atoms with Crippen molar-refractivity contribution >= 4 is 31.6 Å². The molecule has 0 bridgehead atoms. The summed E-state index contributed by atoms with van der Waals surface area (Å²) in [5.74, 6) is -0.806. The first kappa shape index (κ1) is 17.9. The highest BCUT2D eigenvalue weighted by atomic mass is 32.2. The number of nitrogens with zero attached hydrogens (tertiary/aromatic N) is 1. The van der Waals surface area contributed by atoms with Gasteiger partial charge in [-0.05, 0) is 38.0 Å². The Morgan fingerprint density at radius 3 is 2.52 bits per heavy atom. The van der Waals surface area contributed by atoms with Crippen LogP contribution >= 0.6 is 0 Å². The van der Waals surface area contributed by atoms with Crippen molar-refractivity contribution in [3.63, 3.8) is 0 Å². The van der Waals surface area contributed by atoms with Crippen molar-refractivity contribution in [3.8, 4) is 0 Å². The molecule has 1 amide bonds. The molecule has 0 unspecified atom stereocenters. The van der Waals surface area contributed by atoms with Gasteiger partial charge in [0.2, 0.25) is 26.0 Å². The van der Waals surface area contributed by atoms with Crippen molar-refractivity contribution in [3.05, 3.63) is 23.8 Å². The van der Waals surface area contributed by atoms with Crippen LogP contribution in [0, 0.1) is 6.92 Å². The van der Waals surface area contributed by atoms with E-state index in [0.29, 0.717) is 16.3 Å². The van der Waals surface area contributed by atoms with E-state index in [1.807, 2.05) is 6.92 Å². The molecular formula is C14H20N2O5S2. The van der Waals surface area contributed by atoms with Crippen molar-refractivity contribution in [2.75, 3.05) is 10.1 Å². The van der Waals surface area contributed by atoms with Crippen molar-refractivity contribution in [1.29, 1.82) is 0 Å². The molecule has 2 rings (SSSR count). The van der Waals surface area contributed by atoms with E-state index in [4.69, 9.17) is 0 Å². The quantitative estimate of drug-likeness (QED) is 0.848. The summed E-state index contributed by atoms with van der Waals surface area (Å²) in [5, 5.41) is 0. The van der Waals surface area contributed by atoms with Crippen LogP contribution in [0.1, 0.15) is 32.3 Å². The number of benzene rings is 1. The molecule has 1 fully saturated rings. The lowest BCUT2D eigenvalue weighted by Crippen LogP contribution is -2.33. The maximum absolute atomic E-state index is 12.5. The van der Waals surface area contributed by atoms with Crippen molar-refractivity contribution in [2.45, 2.75) is 44.6 Å². The molecule has 7 nitrogen and oxygen atoms in total. The van der Waals surface area contributed by atoms with E-state index in [2.05, 4.69) is 4.72 Å². The second-order valence-corrected chi connectivity index (χ2v) is 9.22. The third-order valence-electron chi connectivity index (χ3n) is 3.74. The fraction of sp³-hybridized carbons (Fsp3) is 0.500. The minimum atomic E-state index is -3.79. The Morgan fingerprint density at radius 1 is 1.35 bits per heavy atom. The molecule has 1 saturated heterocycles. The number of rotatable bonds is 5. The number of hydrogen-bond acceptors (Lipinski definition) is 5. The molecule has 9 heteroatoms. The second kappa shape index (κ2) is 6.21. The van der Waals surface area contributed by atoms with Gasteiger partial charge in [-0.15, -0.1) is 0 Å². The molecule has 1 atom stereocenters. The van der Waals surface area contributed by atoms with E-state index >= 15 is 0 Å². The van der Waals surface area contributed by atoms with Gasteiger partial charge in [-0.3, -0.25) is 4.79 Å². The summed E-state index contributed by atoms with van der Waals surface area (Å²) >= 11 is 0. The van der Waals surface area contributed by atoms with Crippen LogP contribution in [0.25, 0.3) is 0 Å².